The van der Waals surface area contributed by atoms with E-state index in [4.69, 9.17) is 16.3 Å². The Morgan fingerprint density at radius 1 is 1.00 bits per heavy atom. The lowest BCUT2D eigenvalue weighted by atomic mass is 10.2. The van der Waals surface area contributed by atoms with Crippen LogP contribution >= 0.6 is 11.6 Å². The number of carbonyl (C=O) groups excluding carboxylic acids is 1. The first-order chi connectivity index (χ1) is 12.7. The van der Waals surface area contributed by atoms with Crippen molar-refractivity contribution in [3.63, 3.8) is 0 Å². The van der Waals surface area contributed by atoms with Gasteiger partial charge in [-0.3, -0.25) is 4.79 Å². The second kappa shape index (κ2) is 8.83. The first kappa shape index (κ1) is 17.7. The minimum atomic E-state index is -0.268. The number of nitrogens with one attached hydrogen (secondary N) is 1. The second-order valence-corrected chi connectivity index (χ2v) is 5.94. The van der Waals surface area contributed by atoms with E-state index in [0.717, 1.165) is 11.1 Å². The lowest BCUT2D eigenvalue weighted by Gasteiger charge is -2.08. The van der Waals surface area contributed by atoms with Gasteiger partial charge in [-0.1, -0.05) is 60.1 Å². The molecule has 5 heteroatoms. The Balaban J connectivity index is 1.58. The number of ether oxygens (including phenoxy) is 1. The topological polar surface area (TPSA) is 50.7 Å². The summed E-state index contributed by atoms with van der Waals surface area (Å²) in [7, 11) is 0. The summed E-state index contributed by atoms with van der Waals surface area (Å²) in [4.78, 5) is 11.9. The summed E-state index contributed by atoms with van der Waals surface area (Å²) in [5, 5.41) is 4.44. The Bertz CT molecular complexity index is 896. The van der Waals surface area contributed by atoms with Crippen molar-refractivity contribution in [1.29, 1.82) is 0 Å². The van der Waals surface area contributed by atoms with Crippen molar-refractivity contribution < 1.29 is 9.53 Å². The Hall–Kier alpha value is -3.11. The van der Waals surface area contributed by atoms with Gasteiger partial charge in [0.25, 0.3) is 5.91 Å². The molecule has 1 N–H and O–H groups in total. The summed E-state index contributed by atoms with van der Waals surface area (Å²) in [5.41, 5.74) is 4.86. The molecule has 0 saturated carbocycles. The second-order valence-electron chi connectivity index (χ2n) is 5.53. The zero-order chi connectivity index (χ0) is 18.2. The molecule has 4 nitrogen and oxygen atoms in total. The number of hydrogen-bond donors (Lipinski definition) is 1. The van der Waals surface area contributed by atoms with Gasteiger partial charge in [0, 0.05) is 5.56 Å². The van der Waals surface area contributed by atoms with Crippen molar-refractivity contribution in [3.8, 4) is 5.75 Å². The first-order valence-corrected chi connectivity index (χ1v) is 8.45. The predicted octanol–water partition coefficient (Wildman–Crippen LogP) is 4.68. The van der Waals surface area contributed by atoms with Crippen molar-refractivity contribution in [1.82, 2.24) is 5.43 Å². The molecule has 0 heterocycles. The SMILES string of the molecule is O=C(N/N=C/c1ccc(OCc2ccccc2)c(Cl)c1)c1ccccc1. The maximum atomic E-state index is 11.9. The molecule has 3 aromatic carbocycles. The Labute approximate surface area is 157 Å². The van der Waals surface area contributed by atoms with Gasteiger partial charge >= 0.3 is 0 Å². The molecule has 0 fully saturated rings. The van der Waals surface area contributed by atoms with E-state index in [2.05, 4.69) is 10.5 Å². The van der Waals surface area contributed by atoms with Crippen LogP contribution in [0.2, 0.25) is 5.02 Å². The Morgan fingerprint density at radius 2 is 1.69 bits per heavy atom. The molecule has 3 rings (SSSR count). The van der Waals surface area contributed by atoms with E-state index in [0.29, 0.717) is 22.9 Å². The highest BCUT2D eigenvalue weighted by Crippen LogP contribution is 2.25. The minimum Gasteiger partial charge on any atom is -0.487 e. The third-order valence-corrected chi connectivity index (χ3v) is 3.90. The molecule has 3 aromatic rings. The molecule has 0 aliphatic carbocycles. The third kappa shape index (κ3) is 4.94. The third-order valence-electron chi connectivity index (χ3n) is 3.61. The van der Waals surface area contributed by atoms with Gasteiger partial charge in [-0.15, -0.1) is 0 Å². The molecule has 0 aliphatic heterocycles. The predicted molar refractivity (Wildman–Crippen MR) is 104 cm³/mol. The number of hydrogen-bond acceptors (Lipinski definition) is 3. The van der Waals surface area contributed by atoms with Crippen LogP contribution in [0.25, 0.3) is 0 Å². The first-order valence-electron chi connectivity index (χ1n) is 8.07. The number of hydrazone groups is 1. The maximum Gasteiger partial charge on any atom is 0.271 e. The zero-order valence-electron chi connectivity index (χ0n) is 13.9. The minimum absolute atomic E-state index is 0.268. The van der Waals surface area contributed by atoms with E-state index in [1.807, 2.05) is 42.5 Å². The standard InChI is InChI=1S/C21H17ClN2O2/c22-19-13-17(14-23-24-21(25)18-9-5-2-6-10-18)11-12-20(19)26-15-16-7-3-1-4-8-16/h1-14H,15H2,(H,24,25)/b23-14+. The van der Waals surface area contributed by atoms with Gasteiger partial charge in [-0.2, -0.15) is 5.10 Å². The lowest BCUT2D eigenvalue weighted by molar-refractivity contribution is 0.0955. The quantitative estimate of drug-likeness (QED) is 0.510. The van der Waals surface area contributed by atoms with Gasteiger partial charge in [-0.05, 0) is 41.5 Å². The molecule has 0 aromatic heterocycles. The summed E-state index contributed by atoms with van der Waals surface area (Å²) in [5.74, 6) is 0.330. The van der Waals surface area contributed by atoms with Crippen LogP contribution in [0.3, 0.4) is 0 Å². The number of benzene rings is 3. The van der Waals surface area contributed by atoms with Gasteiger partial charge in [0.15, 0.2) is 0 Å². The van der Waals surface area contributed by atoms with Crippen LogP contribution in [-0.4, -0.2) is 12.1 Å². The largest absolute Gasteiger partial charge is 0.487 e. The molecular weight excluding hydrogens is 348 g/mol. The molecule has 0 unspecified atom stereocenters. The fourth-order valence-corrected chi connectivity index (χ4v) is 2.51. The fourth-order valence-electron chi connectivity index (χ4n) is 2.27. The number of halogens is 1. The highest BCUT2D eigenvalue weighted by molar-refractivity contribution is 6.32. The maximum absolute atomic E-state index is 11.9. The smallest absolute Gasteiger partial charge is 0.271 e. The van der Waals surface area contributed by atoms with Gasteiger partial charge < -0.3 is 4.74 Å². The molecule has 1 amide bonds. The highest BCUT2D eigenvalue weighted by Gasteiger charge is 2.04. The molecule has 0 aliphatic rings. The van der Waals surface area contributed by atoms with Gasteiger partial charge in [-0.25, -0.2) is 5.43 Å². The summed E-state index contributed by atoms with van der Waals surface area (Å²) in [6, 6.07) is 24.1. The van der Waals surface area contributed by atoms with Crippen molar-refractivity contribution in [3.05, 3.63) is 101 Å². The van der Waals surface area contributed by atoms with E-state index in [1.54, 1.807) is 36.4 Å². The number of nitrogens with zero attached hydrogens (tertiary/aromatic N) is 1. The van der Waals surface area contributed by atoms with Crippen molar-refractivity contribution in [2.75, 3.05) is 0 Å². The van der Waals surface area contributed by atoms with E-state index in [9.17, 15) is 4.79 Å². The van der Waals surface area contributed by atoms with Crippen LogP contribution in [0.5, 0.6) is 5.75 Å². The van der Waals surface area contributed by atoms with Crippen LogP contribution in [0, 0.1) is 0 Å². The van der Waals surface area contributed by atoms with Crippen LogP contribution in [0.15, 0.2) is 84.0 Å². The van der Waals surface area contributed by atoms with Crippen LogP contribution < -0.4 is 10.2 Å². The monoisotopic (exact) mass is 364 g/mol. The van der Waals surface area contributed by atoms with Crippen LogP contribution in [-0.2, 0) is 6.61 Å². The molecule has 0 spiro atoms. The normalized spacial score (nSPS) is 10.7. The average molecular weight is 365 g/mol. The van der Waals surface area contributed by atoms with Crippen molar-refractivity contribution in [2.24, 2.45) is 5.10 Å². The summed E-state index contributed by atoms with van der Waals surface area (Å²) >= 11 is 6.26. The van der Waals surface area contributed by atoms with Gasteiger partial charge in [0.1, 0.15) is 12.4 Å². The Kier molecular flexibility index (Phi) is 6.01. The molecule has 0 saturated heterocycles. The van der Waals surface area contributed by atoms with E-state index >= 15 is 0 Å². The molecule has 26 heavy (non-hydrogen) atoms. The molecule has 0 bridgehead atoms. The van der Waals surface area contributed by atoms with E-state index < -0.39 is 0 Å². The van der Waals surface area contributed by atoms with Gasteiger partial charge in [0.2, 0.25) is 0 Å². The molecule has 0 atom stereocenters. The van der Waals surface area contributed by atoms with Crippen molar-refractivity contribution in [2.45, 2.75) is 6.61 Å². The zero-order valence-corrected chi connectivity index (χ0v) is 14.7. The highest BCUT2D eigenvalue weighted by atomic mass is 35.5. The molecular formula is C21H17ClN2O2. The van der Waals surface area contributed by atoms with Crippen LogP contribution in [0.4, 0.5) is 0 Å². The molecule has 0 radical (unpaired) electrons. The summed E-state index contributed by atoms with van der Waals surface area (Å²) in [6.45, 7) is 0.446. The summed E-state index contributed by atoms with van der Waals surface area (Å²) < 4.78 is 5.73. The number of carbonyl (C=O) groups is 1. The molecule has 130 valence electrons. The Morgan fingerprint density at radius 3 is 2.38 bits per heavy atom. The van der Waals surface area contributed by atoms with Gasteiger partial charge in [0.05, 0.1) is 11.2 Å². The van der Waals surface area contributed by atoms with E-state index in [1.165, 1.54) is 6.21 Å². The van der Waals surface area contributed by atoms with E-state index in [-0.39, 0.29) is 5.91 Å². The average Bonchev–Trinajstić information content (AvgIpc) is 2.69. The van der Waals surface area contributed by atoms with Crippen molar-refractivity contribution >= 4 is 23.7 Å². The number of rotatable bonds is 6. The number of amides is 1. The fraction of sp³-hybridized carbons (Fsp3) is 0.0476. The van der Waals surface area contributed by atoms with Crippen LogP contribution in [0.1, 0.15) is 21.5 Å². The lowest BCUT2D eigenvalue weighted by Crippen LogP contribution is -2.17. The summed E-state index contributed by atoms with van der Waals surface area (Å²) in [6.07, 6.45) is 1.54.